The highest BCUT2D eigenvalue weighted by Gasteiger charge is 2.24. The predicted octanol–water partition coefficient (Wildman–Crippen LogP) is 4.07. The number of halogens is 1. The molecule has 1 heterocycles. The second-order valence-corrected chi connectivity index (χ2v) is 7.29. The Morgan fingerprint density at radius 1 is 1.13 bits per heavy atom. The minimum Gasteiger partial charge on any atom is -0.496 e. The van der Waals surface area contributed by atoms with Crippen LogP contribution in [0, 0.1) is 0 Å². The first-order valence-electron chi connectivity index (χ1n) is 9.26. The van der Waals surface area contributed by atoms with Crippen LogP contribution >= 0.6 is 11.6 Å². The fourth-order valence-electron chi connectivity index (χ4n) is 2.97. The highest BCUT2D eigenvalue weighted by atomic mass is 35.5. The molecule has 0 unspecified atom stereocenters. The number of nitrogens with one attached hydrogen (secondary N) is 2. The molecule has 3 amide bonds. The van der Waals surface area contributed by atoms with Crippen molar-refractivity contribution < 1.29 is 19.1 Å². The summed E-state index contributed by atoms with van der Waals surface area (Å²) < 4.78 is 11.3. The molecule has 0 atom stereocenters. The van der Waals surface area contributed by atoms with Crippen molar-refractivity contribution in [3.05, 3.63) is 53.2 Å². The smallest absolute Gasteiger partial charge is 0.319 e. The number of methoxy groups -OCH3 is 1. The number of hydrogen-bond donors (Lipinski definition) is 3. The van der Waals surface area contributed by atoms with E-state index in [-0.39, 0.29) is 17.6 Å². The van der Waals surface area contributed by atoms with Gasteiger partial charge in [0, 0.05) is 34.8 Å². The summed E-state index contributed by atoms with van der Waals surface area (Å²) >= 11 is 6.14. The van der Waals surface area contributed by atoms with Crippen LogP contribution in [0.25, 0.3) is 10.9 Å². The van der Waals surface area contributed by atoms with Gasteiger partial charge in [-0.05, 0) is 37.1 Å². The van der Waals surface area contributed by atoms with Crippen LogP contribution in [0.5, 0.6) is 17.2 Å². The van der Waals surface area contributed by atoms with Crippen LogP contribution in [0.3, 0.4) is 0 Å². The van der Waals surface area contributed by atoms with E-state index in [9.17, 15) is 9.59 Å². The van der Waals surface area contributed by atoms with E-state index in [1.54, 1.807) is 42.6 Å². The van der Waals surface area contributed by atoms with Gasteiger partial charge in [-0.2, -0.15) is 0 Å². The summed E-state index contributed by atoms with van der Waals surface area (Å²) in [5.74, 6) is 0.447. The van der Waals surface area contributed by atoms with E-state index >= 15 is 0 Å². The third-order valence-electron chi connectivity index (χ3n) is 4.61. The third kappa shape index (κ3) is 4.23. The van der Waals surface area contributed by atoms with Gasteiger partial charge >= 0.3 is 6.03 Å². The monoisotopic (exact) mass is 426 g/mol. The number of nitrogens with zero attached hydrogens (tertiary/aromatic N) is 1. The fourth-order valence-corrected chi connectivity index (χ4v) is 3.13. The quantitative estimate of drug-likeness (QED) is 0.549. The number of carbonyl (C=O) groups is 2. The van der Waals surface area contributed by atoms with Crippen molar-refractivity contribution in [1.82, 2.24) is 10.3 Å². The number of ether oxygens (including phenoxy) is 2. The van der Waals surface area contributed by atoms with Crippen molar-refractivity contribution in [2.24, 2.45) is 5.73 Å². The number of hydrogen-bond acceptors (Lipinski definition) is 5. The van der Waals surface area contributed by atoms with Gasteiger partial charge in [0.05, 0.1) is 23.9 Å². The average molecular weight is 427 g/mol. The lowest BCUT2D eigenvalue weighted by Crippen LogP contribution is -2.30. The summed E-state index contributed by atoms with van der Waals surface area (Å²) in [4.78, 5) is 28.3. The van der Waals surface area contributed by atoms with Crippen LogP contribution < -0.4 is 25.8 Å². The van der Waals surface area contributed by atoms with Gasteiger partial charge in [0.25, 0.3) is 5.91 Å². The Kier molecular flexibility index (Phi) is 5.33. The van der Waals surface area contributed by atoms with Crippen molar-refractivity contribution in [2.45, 2.75) is 18.9 Å². The SMILES string of the molecule is COc1cc2nccc(Oc3cc(Cl)ccc3NC(=O)NC3CC3)c2cc1C(N)=O. The van der Waals surface area contributed by atoms with Crippen molar-refractivity contribution in [3.63, 3.8) is 0 Å². The summed E-state index contributed by atoms with van der Waals surface area (Å²) in [5, 5.41) is 6.63. The molecule has 0 saturated heterocycles. The number of aromatic nitrogens is 1. The van der Waals surface area contributed by atoms with E-state index in [2.05, 4.69) is 15.6 Å². The second kappa shape index (κ2) is 8.08. The van der Waals surface area contributed by atoms with E-state index in [0.29, 0.717) is 38.9 Å². The maximum absolute atomic E-state index is 12.2. The molecule has 4 rings (SSSR count). The summed E-state index contributed by atoms with van der Waals surface area (Å²) in [6.45, 7) is 0. The van der Waals surface area contributed by atoms with Gasteiger partial charge in [0.15, 0.2) is 5.75 Å². The Bertz CT molecular complexity index is 1150. The Morgan fingerprint density at radius 2 is 1.93 bits per heavy atom. The molecule has 4 N–H and O–H groups in total. The van der Waals surface area contributed by atoms with Gasteiger partial charge in [0.1, 0.15) is 11.5 Å². The lowest BCUT2D eigenvalue weighted by atomic mass is 10.1. The summed E-state index contributed by atoms with van der Waals surface area (Å²) in [7, 11) is 1.45. The van der Waals surface area contributed by atoms with Gasteiger partial charge in [-0.25, -0.2) is 4.79 Å². The molecular formula is C21H19ClN4O4. The maximum atomic E-state index is 12.2. The van der Waals surface area contributed by atoms with Gasteiger partial charge in [-0.1, -0.05) is 11.6 Å². The van der Waals surface area contributed by atoms with Gasteiger partial charge in [0.2, 0.25) is 0 Å². The third-order valence-corrected chi connectivity index (χ3v) is 4.85. The minimum absolute atomic E-state index is 0.205. The Morgan fingerprint density at radius 3 is 2.63 bits per heavy atom. The fraction of sp³-hybridized carbons (Fsp3) is 0.190. The number of amides is 3. The number of carbonyl (C=O) groups excluding carboxylic acids is 2. The highest BCUT2D eigenvalue weighted by molar-refractivity contribution is 6.30. The molecule has 1 fully saturated rings. The number of primary amides is 1. The maximum Gasteiger partial charge on any atom is 0.319 e. The molecule has 154 valence electrons. The molecule has 8 nitrogen and oxygen atoms in total. The van der Waals surface area contributed by atoms with Crippen molar-refractivity contribution in [1.29, 1.82) is 0 Å². The first-order chi connectivity index (χ1) is 14.4. The first-order valence-corrected chi connectivity index (χ1v) is 9.64. The number of anilines is 1. The van der Waals surface area contributed by atoms with Gasteiger partial charge in [-0.15, -0.1) is 0 Å². The summed E-state index contributed by atoms with van der Waals surface area (Å²) in [6, 6.07) is 9.64. The number of nitrogens with two attached hydrogens (primary N) is 1. The molecule has 0 radical (unpaired) electrons. The highest BCUT2D eigenvalue weighted by Crippen LogP contribution is 2.37. The number of pyridine rings is 1. The molecule has 0 aliphatic heterocycles. The van der Waals surface area contributed by atoms with E-state index in [1.165, 1.54) is 7.11 Å². The van der Waals surface area contributed by atoms with E-state index in [4.69, 9.17) is 26.8 Å². The zero-order valence-corrected chi connectivity index (χ0v) is 16.8. The summed E-state index contributed by atoms with van der Waals surface area (Å²) in [6.07, 6.45) is 3.52. The van der Waals surface area contributed by atoms with Crippen LogP contribution in [0.4, 0.5) is 10.5 Å². The predicted molar refractivity (Wildman–Crippen MR) is 114 cm³/mol. The molecule has 30 heavy (non-hydrogen) atoms. The first kappa shape index (κ1) is 19.8. The number of rotatable bonds is 6. The van der Waals surface area contributed by atoms with Crippen LogP contribution in [0.1, 0.15) is 23.2 Å². The summed E-state index contributed by atoms with van der Waals surface area (Å²) in [5.41, 5.74) is 6.68. The molecule has 9 heteroatoms. The molecule has 0 spiro atoms. The lowest BCUT2D eigenvalue weighted by molar-refractivity contribution is 0.0997. The molecule has 2 aromatic carbocycles. The normalized spacial score (nSPS) is 13.0. The van der Waals surface area contributed by atoms with Crippen molar-refractivity contribution in [2.75, 3.05) is 12.4 Å². The standard InChI is InChI=1S/C21H19ClN4O4/c1-29-18-10-16-13(9-14(18)20(23)27)17(6-7-24-16)30-19-8-11(22)2-5-15(19)26-21(28)25-12-3-4-12/h2,5-10,12H,3-4H2,1H3,(H2,23,27)(H2,25,26,28). The second-order valence-electron chi connectivity index (χ2n) is 6.86. The van der Waals surface area contributed by atoms with Crippen molar-refractivity contribution in [3.8, 4) is 17.2 Å². The van der Waals surface area contributed by atoms with E-state index in [1.807, 2.05) is 0 Å². The minimum atomic E-state index is -0.634. The van der Waals surface area contributed by atoms with E-state index in [0.717, 1.165) is 12.8 Å². The Labute approximate surface area is 177 Å². The van der Waals surface area contributed by atoms with Crippen LogP contribution in [0.15, 0.2) is 42.6 Å². The van der Waals surface area contributed by atoms with Gasteiger partial charge < -0.3 is 25.8 Å². The molecule has 0 bridgehead atoms. The molecular weight excluding hydrogens is 408 g/mol. The molecule has 1 aliphatic rings. The van der Waals surface area contributed by atoms with E-state index < -0.39 is 5.91 Å². The number of urea groups is 1. The average Bonchev–Trinajstić information content (AvgIpc) is 3.53. The Balaban J connectivity index is 1.71. The lowest BCUT2D eigenvalue weighted by Gasteiger charge is -2.15. The largest absolute Gasteiger partial charge is 0.496 e. The molecule has 3 aromatic rings. The van der Waals surface area contributed by atoms with Crippen LogP contribution in [-0.4, -0.2) is 30.1 Å². The zero-order chi connectivity index (χ0) is 21.3. The van der Waals surface area contributed by atoms with Crippen LogP contribution in [0.2, 0.25) is 5.02 Å². The van der Waals surface area contributed by atoms with Gasteiger partial charge in [-0.3, -0.25) is 9.78 Å². The zero-order valence-electron chi connectivity index (χ0n) is 16.1. The Hall–Kier alpha value is -3.52. The van der Waals surface area contributed by atoms with Crippen LogP contribution in [-0.2, 0) is 0 Å². The molecule has 1 aromatic heterocycles. The van der Waals surface area contributed by atoms with Crippen molar-refractivity contribution >= 4 is 40.1 Å². The molecule has 1 aliphatic carbocycles. The number of fused-ring (bicyclic) bond motifs is 1. The topological polar surface area (TPSA) is 116 Å². The number of benzene rings is 2. The molecule has 1 saturated carbocycles.